The minimum Gasteiger partial charge on any atom is -0.462 e. The zero-order chi connectivity index (χ0) is 59.9. The first kappa shape index (κ1) is 77.2. The van der Waals surface area contributed by atoms with Crippen molar-refractivity contribution in [2.75, 3.05) is 13.2 Å². The quantitative estimate of drug-likeness (QED) is 0.0261. The summed E-state index contributed by atoms with van der Waals surface area (Å²) in [5, 5.41) is 0. The highest BCUT2D eigenvalue weighted by Gasteiger charge is 2.19. The van der Waals surface area contributed by atoms with Crippen molar-refractivity contribution in [1.29, 1.82) is 0 Å². The molecule has 0 saturated heterocycles. The first-order chi connectivity index (χ1) is 41.0. The number of allylic oxidation sites excluding steroid dienone is 32. The van der Waals surface area contributed by atoms with E-state index >= 15 is 0 Å². The van der Waals surface area contributed by atoms with Crippen LogP contribution in [0.4, 0.5) is 0 Å². The fourth-order valence-electron chi connectivity index (χ4n) is 8.20. The molecule has 1 unspecified atom stereocenters. The van der Waals surface area contributed by atoms with Crippen LogP contribution in [-0.4, -0.2) is 37.2 Å². The number of carbonyl (C=O) groups is 3. The molecule has 0 aromatic heterocycles. The minimum absolute atomic E-state index is 0.121. The maximum absolute atomic E-state index is 12.9. The fraction of sp³-hybridized carbons (Fsp3) is 0.545. The molecule has 0 aromatic carbocycles. The summed E-state index contributed by atoms with van der Waals surface area (Å²) < 4.78 is 16.8. The standard InChI is InChI=1S/C77H118O6/c1-4-7-10-13-16-19-22-25-27-29-31-33-34-35-36-37-38-39-40-41-42-44-45-47-49-52-55-58-61-64-67-70-76(79)82-73-74(72-81-75(78)69-66-63-60-57-54-51-24-21-18-15-12-9-6-3)83-77(80)71-68-65-62-59-56-53-50-48-46-43-32-30-28-26-23-20-17-14-11-8-5-2/h7-8,10-11,16-17,19-21,24-28,31-33,35-36,38-39,41-43,45,47-48,50,52,55-56,59,74H,4-6,9,12-15,18,22-23,29-30,34,37,40,44,46,49,51,53-54,57-58,60-73H2,1-3H3/b10-7-,11-8-,19-16-,20-17-,24-21-,27-25-,28-26-,33-31-,36-35-,39-38-,42-41-,43-32-,47-45-,50-48-,55-52-,59-56-. The van der Waals surface area contributed by atoms with Crippen molar-refractivity contribution in [1.82, 2.24) is 0 Å². The Morgan fingerprint density at radius 2 is 0.470 bits per heavy atom. The van der Waals surface area contributed by atoms with Crippen LogP contribution in [0.3, 0.4) is 0 Å². The molecule has 0 saturated carbocycles. The van der Waals surface area contributed by atoms with Gasteiger partial charge in [-0.1, -0.05) is 260 Å². The third-order valence-electron chi connectivity index (χ3n) is 13.1. The van der Waals surface area contributed by atoms with Gasteiger partial charge in [0.2, 0.25) is 0 Å². The Kier molecular flexibility index (Phi) is 64.0. The van der Waals surface area contributed by atoms with Gasteiger partial charge in [0.1, 0.15) is 13.2 Å². The third-order valence-corrected chi connectivity index (χ3v) is 13.1. The molecule has 0 aliphatic carbocycles. The first-order valence-corrected chi connectivity index (χ1v) is 32.9. The van der Waals surface area contributed by atoms with Crippen molar-refractivity contribution in [3.05, 3.63) is 194 Å². The van der Waals surface area contributed by atoms with Gasteiger partial charge in [0.15, 0.2) is 6.10 Å². The molecule has 0 N–H and O–H groups in total. The van der Waals surface area contributed by atoms with Crippen molar-refractivity contribution < 1.29 is 28.6 Å². The lowest BCUT2D eigenvalue weighted by Crippen LogP contribution is -2.30. The predicted molar refractivity (Wildman–Crippen MR) is 361 cm³/mol. The van der Waals surface area contributed by atoms with Crippen LogP contribution in [0.25, 0.3) is 0 Å². The highest BCUT2D eigenvalue weighted by atomic mass is 16.6. The summed E-state index contributed by atoms with van der Waals surface area (Å²) in [7, 11) is 0. The van der Waals surface area contributed by atoms with Crippen LogP contribution in [-0.2, 0) is 28.6 Å². The molecule has 0 aromatic rings. The van der Waals surface area contributed by atoms with E-state index in [4.69, 9.17) is 14.2 Å². The van der Waals surface area contributed by atoms with Crippen LogP contribution in [0.5, 0.6) is 0 Å². The van der Waals surface area contributed by atoms with Gasteiger partial charge in [0.25, 0.3) is 0 Å². The van der Waals surface area contributed by atoms with Crippen LogP contribution < -0.4 is 0 Å². The van der Waals surface area contributed by atoms with Gasteiger partial charge in [-0.25, -0.2) is 0 Å². The van der Waals surface area contributed by atoms with Crippen LogP contribution in [0.1, 0.15) is 252 Å². The maximum Gasteiger partial charge on any atom is 0.306 e. The molecule has 6 nitrogen and oxygen atoms in total. The number of rotatable bonds is 57. The van der Waals surface area contributed by atoms with E-state index in [0.717, 1.165) is 167 Å². The number of hydrogen-bond acceptors (Lipinski definition) is 6. The second kappa shape index (κ2) is 68.7. The van der Waals surface area contributed by atoms with Gasteiger partial charge in [-0.2, -0.15) is 0 Å². The number of esters is 3. The monoisotopic (exact) mass is 1140 g/mol. The first-order valence-electron chi connectivity index (χ1n) is 32.9. The van der Waals surface area contributed by atoms with Crippen molar-refractivity contribution in [2.24, 2.45) is 0 Å². The summed E-state index contributed by atoms with van der Waals surface area (Å²) in [6.07, 6.45) is 104. The second-order valence-electron chi connectivity index (χ2n) is 20.9. The summed E-state index contributed by atoms with van der Waals surface area (Å²) in [6.45, 7) is 6.31. The number of unbranched alkanes of at least 4 members (excludes halogenated alkanes) is 14. The lowest BCUT2D eigenvalue weighted by atomic mass is 10.1. The van der Waals surface area contributed by atoms with Crippen molar-refractivity contribution in [3.8, 4) is 0 Å². The van der Waals surface area contributed by atoms with Gasteiger partial charge < -0.3 is 14.2 Å². The molecular formula is C77H118O6. The van der Waals surface area contributed by atoms with Gasteiger partial charge in [-0.05, 0) is 167 Å². The van der Waals surface area contributed by atoms with Crippen molar-refractivity contribution in [3.63, 3.8) is 0 Å². The molecule has 0 spiro atoms. The van der Waals surface area contributed by atoms with Gasteiger partial charge in [-0.15, -0.1) is 0 Å². The summed E-state index contributed by atoms with van der Waals surface area (Å²) in [4.78, 5) is 38.3. The van der Waals surface area contributed by atoms with Crippen LogP contribution in [0.2, 0.25) is 0 Å². The van der Waals surface area contributed by atoms with Gasteiger partial charge >= 0.3 is 17.9 Å². The lowest BCUT2D eigenvalue weighted by molar-refractivity contribution is -0.167. The summed E-state index contributed by atoms with van der Waals surface area (Å²) >= 11 is 0. The molecule has 0 heterocycles. The largest absolute Gasteiger partial charge is 0.462 e. The van der Waals surface area contributed by atoms with E-state index in [1.54, 1.807) is 0 Å². The highest BCUT2D eigenvalue weighted by molar-refractivity contribution is 5.71. The predicted octanol–water partition coefficient (Wildman–Crippen LogP) is 23.0. The number of carbonyl (C=O) groups excluding carboxylic acids is 3. The highest BCUT2D eigenvalue weighted by Crippen LogP contribution is 2.12. The van der Waals surface area contributed by atoms with Crippen LogP contribution in [0.15, 0.2) is 194 Å². The minimum atomic E-state index is -0.831. The van der Waals surface area contributed by atoms with E-state index in [-0.39, 0.29) is 37.5 Å². The Balaban J connectivity index is 4.50. The van der Waals surface area contributed by atoms with Crippen molar-refractivity contribution in [2.45, 2.75) is 258 Å². The van der Waals surface area contributed by atoms with Gasteiger partial charge in [-0.3, -0.25) is 14.4 Å². The van der Waals surface area contributed by atoms with E-state index in [9.17, 15) is 14.4 Å². The molecule has 0 aliphatic heterocycles. The molecule has 0 aliphatic rings. The normalized spacial score (nSPS) is 13.4. The summed E-state index contributed by atoms with van der Waals surface area (Å²) in [5.74, 6) is -1.02. The lowest BCUT2D eigenvalue weighted by Gasteiger charge is -2.18. The Labute approximate surface area is 509 Å². The summed E-state index contributed by atoms with van der Waals surface area (Å²) in [6, 6.07) is 0. The average molecular weight is 1140 g/mol. The second-order valence-corrected chi connectivity index (χ2v) is 20.9. The molecule has 6 heteroatoms. The van der Waals surface area contributed by atoms with E-state index in [1.807, 2.05) is 0 Å². The van der Waals surface area contributed by atoms with Crippen LogP contribution in [0, 0.1) is 0 Å². The number of hydrogen-bond donors (Lipinski definition) is 0. The molecule has 462 valence electrons. The van der Waals surface area contributed by atoms with E-state index in [2.05, 4.69) is 215 Å². The van der Waals surface area contributed by atoms with Gasteiger partial charge in [0.05, 0.1) is 0 Å². The van der Waals surface area contributed by atoms with E-state index in [1.165, 1.54) is 38.5 Å². The van der Waals surface area contributed by atoms with E-state index < -0.39 is 6.10 Å². The zero-order valence-corrected chi connectivity index (χ0v) is 52.9. The fourth-order valence-corrected chi connectivity index (χ4v) is 8.20. The Morgan fingerprint density at radius 1 is 0.253 bits per heavy atom. The molecule has 0 fully saturated rings. The zero-order valence-electron chi connectivity index (χ0n) is 52.9. The molecule has 83 heavy (non-hydrogen) atoms. The SMILES string of the molecule is CC/C=C\C/C=C\C/C=C\C/C=C\C/C=C\C/C=C\C/C=C\C/C=C\C/C=C\CCCCCC(=O)OCC(COC(=O)CCCCCCC/C=C\CCCCCC)OC(=O)CCCC/C=C\C/C=C\C/C=C\C/C=C\C/C=C\C/C=C\CC. The molecule has 0 bridgehead atoms. The maximum atomic E-state index is 12.9. The van der Waals surface area contributed by atoms with Gasteiger partial charge in [0, 0.05) is 19.3 Å². The Morgan fingerprint density at radius 3 is 0.783 bits per heavy atom. The molecule has 0 radical (unpaired) electrons. The molecule has 0 rings (SSSR count). The topological polar surface area (TPSA) is 78.9 Å². The average Bonchev–Trinajstić information content (AvgIpc) is 3.49. The molecular weight excluding hydrogens is 1020 g/mol. The van der Waals surface area contributed by atoms with Crippen LogP contribution >= 0.6 is 0 Å². The third kappa shape index (κ3) is 66.9. The van der Waals surface area contributed by atoms with Crippen molar-refractivity contribution >= 4 is 17.9 Å². The molecule has 0 amide bonds. The molecule has 1 atom stereocenters. The van der Waals surface area contributed by atoms with E-state index in [0.29, 0.717) is 19.3 Å². The Hall–Kier alpha value is -5.75. The Bertz CT molecular complexity index is 1990. The number of ether oxygens (including phenoxy) is 3. The smallest absolute Gasteiger partial charge is 0.306 e. The summed E-state index contributed by atoms with van der Waals surface area (Å²) in [5.41, 5.74) is 0.